The van der Waals surface area contributed by atoms with Crippen molar-refractivity contribution in [1.29, 1.82) is 0 Å². The van der Waals surface area contributed by atoms with Gasteiger partial charge in [-0.3, -0.25) is 4.79 Å². The Morgan fingerprint density at radius 1 is 1.22 bits per heavy atom. The lowest BCUT2D eigenvalue weighted by Gasteiger charge is -2.21. The number of amides is 1. The van der Waals surface area contributed by atoms with Gasteiger partial charge in [0.05, 0.1) is 11.1 Å². The van der Waals surface area contributed by atoms with Crippen molar-refractivity contribution in [3.8, 4) is 17.1 Å². The van der Waals surface area contributed by atoms with E-state index in [1.807, 2.05) is 19.1 Å². The third-order valence-corrected chi connectivity index (χ3v) is 6.35. The fourth-order valence-corrected chi connectivity index (χ4v) is 4.58. The highest BCUT2D eigenvalue weighted by molar-refractivity contribution is 5.92. The van der Waals surface area contributed by atoms with Crippen LogP contribution < -0.4 is 10.2 Å². The van der Waals surface area contributed by atoms with Crippen LogP contribution in [0.5, 0.6) is 5.75 Å². The number of carbonyl (C=O) groups excluding carboxylic acids is 1. The summed E-state index contributed by atoms with van der Waals surface area (Å²) in [5.74, 6) is 1.92. The average molecular weight is 433 g/mol. The van der Waals surface area contributed by atoms with Crippen molar-refractivity contribution in [2.24, 2.45) is 5.92 Å². The van der Waals surface area contributed by atoms with E-state index in [-0.39, 0.29) is 17.8 Å². The number of anilines is 1. The van der Waals surface area contributed by atoms with Crippen LogP contribution in [0.2, 0.25) is 0 Å². The van der Waals surface area contributed by atoms with Crippen molar-refractivity contribution in [1.82, 2.24) is 15.3 Å². The number of rotatable bonds is 5. The van der Waals surface area contributed by atoms with Gasteiger partial charge in [0, 0.05) is 31.6 Å². The molecule has 7 nitrogen and oxygen atoms in total. The van der Waals surface area contributed by atoms with Crippen molar-refractivity contribution in [3.63, 3.8) is 0 Å². The summed E-state index contributed by atoms with van der Waals surface area (Å²) < 4.78 is 5.48. The van der Waals surface area contributed by atoms with E-state index in [0.29, 0.717) is 30.5 Å². The molecular formula is C25H28N4O3. The first kappa shape index (κ1) is 20.7. The van der Waals surface area contributed by atoms with E-state index in [1.165, 1.54) is 0 Å². The Kier molecular flexibility index (Phi) is 5.66. The van der Waals surface area contributed by atoms with Crippen molar-refractivity contribution in [2.75, 3.05) is 31.1 Å². The summed E-state index contributed by atoms with van der Waals surface area (Å²) in [7, 11) is 0. The molecule has 2 aliphatic heterocycles. The number of carbonyl (C=O) groups is 1. The summed E-state index contributed by atoms with van der Waals surface area (Å²) in [6, 6.07) is 13.4. The maximum absolute atomic E-state index is 12.3. The number of aryl methyl sites for hydroxylation is 1. The zero-order chi connectivity index (χ0) is 22.1. The van der Waals surface area contributed by atoms with Crippen LogP contribution in [0.3, 0.4) is 0 Å². The first-order chi connectivity index (χ1) is 15.6. The molecule has 0 radical (unpaired) electrons. The molecule has 2 fully saturated rings. The van der Waals surface area contributed by atoms with Gasteiger partial charge in [-0.15, -0.1) is 0 Å². The molecule has 2 aromatic carbocycles. The Hall–Kier alpha value is -3.19. The minimum Gasteiger partial charge on any atom is -0.507 e. The van der Waals surface area contributed by atoms with Crippen molar-refractivity contribution in [2.45, 2.75) is 32.3 Å². The highest BCUT2D eigenvalue weighted by atomic mass is 16.5. The number of phenolic OH excluding ortho intramolecular Hbond substituents is 1. The normalized spacial score (nSPS) is 20.7. The molecule has 0 aliphatic carbocycles. The van der Waals surface area contributed by atoms with Gasteiger partial charge >= 0.3 is 0 Å². The zero-order valence-corrected chi connectivity index (χ0v) is 18.3. The highest BCUT2D eigenvalue weighted by Crippen LogP contribution is 2.33. The van der Waals surface area contributed by atoms with Crippen molar-refractivity contribution < 1.29 is 14.6 Å². The van der Waals surface area contributed by atoms with Gasteiger partial charge in [-0.25, -0.2) is 9.97 Å². The van der Waals surface area contributed by atoms with Gasteiger partial charge < -0.3 is 20.1 Å². The van der Waals surface area contributed by atoms with E-state index in [4.69, 9.17) is 14.7 Å². The molecule has 2 aliphatic rings. The SMILES string of the molecule is Cc1ccc2c(N3CCC(CNC(=O)[C@H]4CCCO4)C3)nc(-c3ccccc3O)nc2c1. The summed E-state index contributed by atoms with van der Waals surface area (Å²) >= 11 is 0. The zero-order valence-electron chi connectivity index (χ0n) is 18.3. The molecular weight excluding hydrogens is 404 g/mol. The van der Waals surface area contributed by atoms with E-state index >= 15 is 0 Å². The van der Waals surface area contributed by atoms with Crippen molar-refractivity contribution in [3.05, 3.63) is 48.0 Å². The maximum Gasteiger partial charge on any atom is 0.249 e. The third kappa shape index (κ3) is 4.12. The number of ether oxygens (including phenoxy) is 1. The van der Waals surface area contributed by atoms with Crippen LogP contribution in [0.4, 0.5) is 5.82 Å². The number of phenols is 1. The van der Waals surface area contributed by atoms with E-state index in [2.05, 4.69) is 28.4 Å². The van der Waals surface area contributed by atoms with Crippen LogP contribution in [0, 0.1) is 12.8 Å². The Balaban J connectivity index is 1.39. The monoisotopic (exact) mass is 432 g/mol. The first-order valence-electron chi connectivity index (χ1n) is 11.3. The van der Waals surface area contributed by atoms with Crippen LogP contribution in [-0.2, 0) is 9.53 Å². The van der Waals surface area contributed by atoms with Gasteiger partial charge in [-0.1, -0.05) is 18.2 Å². The van der Waals surface area contributed by atoms with E-state index in [9.17, 15) is 9.90 Å². The summed E-state index contributed by atoms with van der Waals surface area (Å²) in [6.45, 7) is 5.04. The average Bonchev–Trinajstić information content (AvgIpc) is 3.49. The topological polar surface area (TPSA) is 87.6 Å². The lowest BCUT2D eigenvalue weighted by molar-refractivity contribution is -0.130. The van der Waals surface area contributed by atoms with Crippen LogP contribution >= 0.6 is 0 Å². The molecule has 1 amide bonds. The molecule has 1 unspecified atom stereocenters. The number of hydrogen-bond donors (Lipinski definition) is 2. The fraction of sp³-hybridized carbons (Fsp3) is 0.400. The molecule has 2 N–H and O–H groups in total. The number of para-hydroxylation sites is 1. The van der Waals surface area contributed by atoms with Gasteiger partial charge in [0.1, 0.15) is 17.7 Å². The Labute approximate surface area is 187 Å². The number of aromatic nitrogens is 2. The smallest absolute Gasteiger partial charge is 0.249 e. The molecule has 3 heterocycles. The number of benzene rings is 2. The lowest BCUT2D eigenvalue weighted by Crippen LogP contribution is -2.37. The fourth-order valence-electron chi connectivity index (χ4n) is 4.58. The number of aromatic hydroxyl groups is 1. The maximum atomic E-state index is 12.3. The molecule has 0 saturated carbocycles. The first-order valence-corrected chi connectivity index (χ1v) is 11.3. The number of hydrogen-bond acceptors (Lipinski definition) is 6. The second-order valence-corrected chi connectivity index (χ2v) is 8.76. The predicted octanol–water partition coefficient (Wildman–Crippen LogP) is 3.43. The Morgan fingerprint density at radius 3 is 2.91 bits per heavy atom. The predicted molar refractivity (Wildman–Crippen MR) is 124 cm³/mol. The van der Waals surface area contributed by atoms with E-state index < -0.39 is 0 Å². The van der Waals surface area contributed by atoms with Crippen LogP contribution in [0.15, 0.2) is 42.5 Å². The summed E-state index contributed by atoms with van der Waals surface area (Å²) in [4.78, 5) is 24.2. The summed E-state index contributed by atoms with van der Waals surface area (Å²) in [6.07, 6.45) is 2.45. The van der Waals surface area contributed by atoms with Crippen molar-refractivity contribution >= 4 is 22.6 Å². The lowest BCUT2D eigenvalue weighted by atomic mass is 10.1. The Bertz CT molecular complexity index is 1140. The quantitative estimate of drug-likeness (QED) is 0.642. The van der Waals surface area contributed by atoms with Gasteiger partial charge in [0.2, 0.25) is 5.91 Å². The second-order valence-electron chi connectivity index (χ2n) is 8.76. The summed E-state index contributed by atoms with van der Waals surface area (Å²) in [5.41, 5.74) is 2.61. The van der Waals surface area contributed by atoms with E-state index in [1.54, 1.807) is 12.1 Å². The van der Waals surface area contributed by atoms with Gasteiger partial charge in [-0.2, -0.15) is 0 Å². The molecule has 166 valence electrons. The highest BCUT2D eigenvalue weighted by Gasteiger charge is 2.28. The third-order valence-electron chi connectivity index (χ3n) is 6.35. The standard InChI is InChI=1S/C25H28N4O3/c1-16-8-9-18-20(13-16)27-23(19-5-2-3-6-21(19)30)28-24(18)29-11-10-17(15-29)14-26-25(31)22-7-4-12-32-22/h2-3,5-6,8-9,13,17,22,30H,4,7,10-12,14-15H2,1H3,(H,26,31)/t17?,22-/m1/s1. The molecule has 5 rings (SSSR count). The largest absolute Gasteiger partial charge is 0.507 e. The number of nitrogens with zero attached hydrogens (tertiary/aromatic N) is 3. The molecule has 7 heteroatoms. The van der Waals surface area contributed by atoms with Crippen LogP contribution in [0.25, 0.3) is 22.3 Å². The second kappa shape index (κ2) is 8.74. The number of fused-ring (bicyclic) bond motifs is 1. The molecule has 32 heavy (non-hydrogen) atoms. The Morgan fingerprint density at radius 2 is 2.09 bits per heavy atom. The minimum absolute atomic E-state index is 0.00532. The molecule has 2 atom stereocenters. The molecule has 0 bridgehead atoms. The van der Waals surface area contributed by atoms with E-state index in [0.717, 1.165) is 54.6 Å². The molecule has 1 aromatic heterocycles. The molecule has 2 saturated heterocycles. The van der Waals surface area contributed by atoms with Gasteiger partial charge in [0.15, 0.2) is 5.82 Å². The minimum atomic E-state index is -0.289. The van der Waals surface area contributed by atoms with Gasteiger partial charge in [-0.05, 0) is 61.9 Å². The van der Waals surface area contributed by atoms with Crippen LogP contribution in [0.1, 0.15) is 24.8 Å². The summed E-state index contributed by atoms with van der Waals surface area (Å²) in [5, 5.41) is 14.4. The molecule has 0 spiro atoms. The van der Waals surface area contributed by atoms with Gasteiger partial charge in [0.25, 0.3) is 0 Å². The van der Waals surface area contributed by atoms with Crippen LogP contribution in [-0.4, -0.2) is 53.3 Å². The molecule has 3 aromatic rings. The number of nitrogens with one attached hydrogen (secondary N) is 1.